The van der Waals surface area contributed by atoms with Crippen LogP contribution >= 0.6 is 11.8 Å². The Kier molecular flexibility index (Phi) is 8.74. The molecule has 0 N–H and O–H groups in total. The molecule has 8 aromatic rings. The van der Waals surface area contributed by atoms with Gasteiger partial charge in [0.15, 0.2) is 0 Å². The van der Waals surface area contributed by atoms with Gasteiger partial charge in [-0.05, 0) is 152 Å². The second-order valence-electron chi connectivity index (χ2n) is 22.9. The van der Waals surface area contributed by atoms with E-state index in [1.807, 2.05) is 11.8 Å². The molecule has 4 heteroatoms. The Hall–Kier alpha value is -6.23. The van der Waals surface area contributed by atoms with E-state index >= 15 is 0 Å². The molecule has 0 fully saturated rings. The van der Waals surface area contributed by atoms with Crippen molar-refractivity contribution in [1.29, 1.82) is 0 Å². The maximum absolute atomic E-state index is 2.81. The van der Waals surface area contributed by atoms with Gasteiger partial charge in [0.05, 0.1) is 0 Å². The number of hydrogen-bond acceptors (Lipinski definition) is 3. The van der Waals surface area contributed by atoms with Crippen LogP contribution < -0.4 is 20.6 Å². The molecule has 2 nitrogen and oxygen atoms in total. The lowest BCUT2D eigenvalue weighted by atomic mass is 9.42. The maximum atomic E-state index is 2.81. The lowest BCUT2D eigenvalue weighted by Crippen LogP contribution is -2.62. The van der Waals surface area contributed by atoms with Crippen LogP contribution in [0.15, 0.2) is 161 Å². The van der Waals surface area contributed by atoms with Crippen LogP contribution in [0, 0.1) is 13.8 Å². The van der Waals surface area contributed by atoms with Gasteiger partial charge in [-0.1, -0.05) is 182 Å². The van der Waals surface area contributed by atoms with Crippen molar-refractivity contribution < 1.29 is 0 Å². The number of hydrogen-bond donors (Lipinski definition) is 0. The normalized spacial score (nSPS) is 17.8. The first kappa shape index (κ1) is 41.9. The van der Waals surface area contributed by atoms with E-state index in [2.05, 4.69) is 231 Å². The minimum absolute atomic E-state index is 0.0559. The van der Waals surface area contributed by atoms with Crippen LogP contribution in [0.4, 0.5) is 28.4 Å². The Morgan fingerprint density at radius 3 is 1.85 bits per heavy atom. The van der Waals surface area contributed by atoms with Gasteiger partial charge in [0.25, 0.3) is 0 Å². The monoisotopic (exact) mass is 898 g/mol. The zero-order valence-electron chi connectivity index (χ0n) is 41.2. The molecule has 0 saturated carbocycles. The molecule has 2 aliphatic carbocycles. The SMILES string of the molecule is Cc1cc2c3c(c1)N(c1cc4c(cc1C)C(C)(C)CCC4(C)C)c1cc4c(cc1B3N(c1ccccc1-c1ccccc1)c1c-2ccc2c1C(C)(C)c1ccccc1-2)Sc1ccccc1C4(C)C. The fraction of sp³-hybridized carbons (Fsp3) is 0.250. The highest BCUT2D eigenvalue weighted by molar-refractivity contribution is 7.99. The van der Waals surface area contributed by atoms with Gasteiger partial charge in [-0.3, -0.25) is 0 Å². The first-order valence-corrected chi connectivity index (χ1v) is 25.7. The van der Waals surface area contributed by atoms with Crippen LogP contribution in [-0.2, 0) is 21.7 Å². The van der Waals surface area contributed by atoms with Crippen molar-refractivity contribution in [1.82, 2.24) is 0 Å². The standard InChI is InChI=1S/C64H59BN2S/c1-38-32-45-44-29-28-43-42-23-14-16-24-46(42)64(9,10)58(43)60(44)67(52-26-18-15-22-41(52)40-20-12-11-13-21-40)65-51-37-57-50(63(7,8)47-25-17-19-27-56(47)68-57)36-54(51)66(55(33-38)59(45)65)53-35-49-48(34-39(53)2)61(3,4)30-31-62(49,5)6/h11-29,32-37H,30-31H2,1-10H3. The van der Waals surface area contributed by atoms with E-state index in [-0.39, 0.29) is 28.5 Å². The highest BCUT2D eigenvalue weighted by Crippen LogP contribution is 2.60. The summed E-state index contributed by atoms with van der Waals surface area (Å²) in [7, 11) is 0. The van der Waals surface area contributed by atoms with E-state index < -0.39 is 0 Å². The van der Waals surface area contributed by atoms with E-state index in [0.717, 1.165) is 0 Å². The summed E-state index contributed by atoms with van der Waals surface area (Å²) in [5, 5.41) is 0. The van der Waals surface area contributed by atoms with Crippen molar-refractivity contribution in [3.05, 3.63) is 196 Å². The number of anilines is 5. The summed E-state index contributed by atoms with van der Waals surface area (Å²) in [5.41, 5.74) is 27.8. The molecule has 68 heavy (non-hydrogen) atoms. The molecular weight excluding hydrogens is 840 g/mol. The fourth-order valence-electron chi connectivity index (χ4n) is 13.4. The van der Waals surface area contributed by atoms with Crippen molar-refractivity contribution in [2.45, 2.75) is 114 Å². The molecule has 3 aliphatic heterocycles. The topological polar surface area (TPSA) is 6.48 Å². The maximum Gasteiger partial charge on any atom is 0.333 e. The molecule has 0 saturated heterocycles. The van der Waals surface area contributed by atoms with Crippen molar-refractivity contribution in [2.24, 2.45) is 0 Å². The largest absolute Gasteiger partial charge is 0.376 e. The summed E-state index contributed by atoms with van der Waals surface area (Å²) in [6, 6.07) is 58.9. The third-order valence-electron chi connectivity index (χ3n) is 17.1. The van der Waals surface area contributed by atoms with E-state index in [9.17, 15) is 0 Å². The van der Waals surface area contributed by atoms with Gasteiger partial charge in [-0.25, -0.2) is 0 Å². The average molecular weight is 899 g/mol. The molecule has 0 unspecified atom stereocenters. The first-order valence-electron chi connectivity index (χ1n) is 24.8. The number of benzene rings is 8. The molecule has 0 spiro atoms. The number of aryl methyl sites for hydroxylation is 2. The second kappa shape index (κ2) is 14.2. The molecule has 334 valence electrons. The third-order valence-corrected chi connectivity index (χ3v) is 18.2. The Balaban J connectivity index is 1.19. The van der Waals surface area contributed by atoms with Crippen LogP contribution in [0.1, 0.15) is 113 Å². The summed E-state index contributed by atoms with van der Waals surface area (Å²) in [6.45, 7) is 24.2. The Labute approximate surface area is 408 Å². The summed E-state index contributed by atoms with van der Waals surface area (Å²) in [6.07, 6.45) is 2.36. The molecular formula is C64H59BN2S. The van der Waals surface area contributed by atoms with Gasteiger partial charge in [0.2, 0.25) is 0 Å². The zero-order chi connectivity index (χ0) is 46.8. The zero-order valence-corrected chi connectivity index (χ0v) is 42.0. The number of para-hydroxylation sites is 1. The predicted octanol–water partition coefficient (Wildman–Crippen LogP) is 16.1. The van der Waals surface area contributed by atoms with Gasteiger partial charge in [-0.15, -0.1) is 0 Å². The molecule has 0 bridgehead atoms. The summed E-state index contributed by atoms with van der Waals surface area (Å²) in [5.74, 6) is 0. The molecule has 13 rings (SSSR count). The van der Waals surface area contributed by atoms with Crippen LogP contribution in [0.3, 0.4) is 0 Å². The van der Waals surface area contributed by atoms with Gasteiger partial charge in [0.1, 0.15) is 0 Å². The first-order chi connectivity index (χ1) is 32.6. The molecule has 8 aromatic carbocycles. The lowest BCUT2D eigenvalue weighted by molar-refractivity contribution is 0.332. The average Bonchev–Trinajstić information content (AvgIpc) is 3.56. The molecule has 0 radical (unpaired) electrons. The molecule has 0 atom stereocenters. The van der Waals surface area contributed by atoms with Gasteiger partial charge in [-0.2, -0.15) is 0 Å². The third kappa shape index (κ3) is 5.67. The van der Waals surface area contributed by atoms with Crippen molar-refractivity contribution in [3.63, 3.8) is 0 Å². The van der Waals surface area contributed by atoms with E-state index in [0.29, 0.717) is 0 Å². The fourth-order valence-corrected chi connectivity index (χ4v) is 14.8. The van der Waals surface area contributed by atoms with E-state index in [4.69, 9.17) is 0 Å². The molecule has 0 amide bonds. The Morgan fingerprint density at radius 2 is 1.09 bits per heavy atom. The summed E-state index contributed by atoms with van der Waals surface area (Å²) >= 11 is 1.95. The minimum Gasteiger partial charge on any atom is -0.376 e. The van der Waals surface area contributed by atoms with Crippen LogP contribution in [0.5, 0.6) is 0 Å². The van der Waals surface area contributed by atoms with E-state index in [1.54, 1.807) is 0 Å². The van der Waals surface area contributed by atoms with Gasteiger partial charge < -0.3 is 9.71 Å². The lowest BCUT2D eigenvalue weighted by Gasteiger charge is -2.49. The Morgan fingerprint density at radius 1 is 0.456 bits per heavy atom. The van der Waals surface area contributed by atoms with Crippen molar-refractivity contribution in [2.75, 3.05) is 9.71 Å². The number of fused-ring (bicyclic) bond motifs is 11. The molecule has 5 aliphatic rings. The quantitative estimate of drug-likeness (QED) is 0.163. The molecule has 3 heterocycles. The highest BCUT2D eigenvalue weighted by Gasteiger charge is 2.51. The second-order valence-corrected chi connectivity index (χ2v) is 24.0. The minimum atomic E-state index is -0.245. The van der Waals surface area contributed by atoms with Gasteiger partial charge >= 0.3 is 6.85 Å². The van der Waals surface area contributed by atoms with E-state index in [1.165, 1.54) is 140 Å². The predicted molar refractivity (Wildman–Crippen MR) is 291 cm³/mol. The van der Waals surface area contributed by atoms with Crippen molar-refractivity contribution in [3.8, 4) is 33.4 Å². The number of rotatable bonds is 3. The summed E-state index contributed by atoms with van der Waals surface area (Å²) in [4.78, 5) is 8.22. The van der Waals surface area contributed by atoms with Gasteiger partial charge in [0, 0.05) is 60.2 Å². The van der Waals surface area contributed by atoms with Crippen LogP contribution in [0.2, 0.25) is 0 Å². The highest BCUT2D eigenvalue weighted by atomic mass is 32.2. The van der Waals surface area contributed by atoms with Crippen LogP contribution in [0.25, 0.3) is 33.4 Å². The van der Waals surface area contributed by atoms with Crippen LogP contribution in [-0.4, -0.2) is 6.85 Å². The number of nitrogens with zero attached hydrogens (tertiary/aromatic N) is 2. The molecule has 0 aromatic heterocycles. The Bertz CT molecular complexity index is 3480. The smallest absolute Gasteiger partial charge is 0.333 e. The van der Waals surface area contributed by atoms with Crippen molar-refractivity contribution >= 4 is 58.0 Å². The summed E-state index contributed by atoms with van der Waals surface area (Å²) < 4.78 is 0.